The van der Waals surface area contributed by atoms with Crippen LogP contribution >= 0.6 is 0 Å². The second-order valence-electron chi connectivity index (χ2n) is 5.30. The largest absolute Gasteiger partial charge is 0.467 e. The van der Waals surface area contributed by atoms with Crippen LogP contribution in [0.2, 0.25) is 0 Å². The second kappa shape index (κ2) is 6.39. The number of aromatic nitrogens is 2. The van der Waals surface area contributed by atoms with E-state index in [0.29, 0.717) is 18.2 Å². The van der Waals surface area contributed by atoms with Gasteiger partial charge in [-0.2, -0.15) is 0 Å². The zero-order valence-corrected chi connectivity index (χ0v) is 12.5. The van der Waals surface area contributed by atoms with Crippen molar-refractivity contribution in [2.24, 2.45) is 5.92 Å². The van der Waals surface area contributed by atoms with E-state index in [1.807, 2.05) is 38.1 Å². The highest BCUT2D eigenvalue weighted by atomic mass is 16.5. The summed E-state index contributed by atoms with van der Waals surface area (Å²) < 4.78 is 4.82. The van der Waals surface area contributed by atoms with Gasteiger partial charge in [0, 0.05) is 0 Å². The smallest absolute Gasteiger partial charge is 0.328 e. The number of nitrogens with one attached hydrogen (secondary N) is 1. The minimum atomic E-state index is -0.493. The summed E-state index contributed by atoms with van der Waals surface area (Å²) in [7, 11) is 1.37. The minimum absolute atomic E-state index is 0.270. The zero-order chi connectivity index (χ0) is 15.4. The van der Waals surface area contributed by atoms with Crippen LogP contribution in [0, 0.1) is 5.92 Å². The van der Waals surface area contributed by atoms with Gasteiger partial charge in [0.05, 0.1) is 18.1 Å². The number of para-hydroxylation sites is 2. The molecule has 2 aromatic rings. The summed E-state index contributed by atoms with van der Waals surface area (Å²) in [5, 5.41) is 3.05. The number of nitrogens with two attached hydrogens (primary N) is 1. The molecule has 0 amide bonds. The standard InChI is InChI=1S/C15H20N4O2/c1-9(2)8-12(15(20)21-3)19-14-13(16)17-10-6-4-5-7-11(10)18-14/h4-7,9,12H,8H2,1-3H3,(H2,16,17)(H,18,19). The Bertz CT molecular complexity index is 643. The summed E-state index contributed by atoms with van der Waals surface area (Å²) >= 11 is 0. The lowest BCUT2D eigenvalue weighted by Gasteiger charge is -2.19. The lowest BCUT2D eigenvalue weighted by molar-refractivity contribution is -0.141. The van der Waals surface area contributed by atoms with Crippen molar-refractivity contribution in [1.82, 2.24) is 9.97 Å². The average molecular weight is 288 g/mol. The molecule has 2 rings (SSSR count). The fraction of sp³-hybridized carbons (Fsp3) is 0.400. The van der Waals surface area contributed by atoms with Crippen molar-refractivity contribution in [3.63, 3.8) is 0 Å². The molecule has 0 aliphatic heterocycles. The van der Waals surface area contributed by atoms with E-state index in [2.05, 4.69) is 15.3 Å². The Morgan fingerprint density at radius 2 is 1.90 bits per heavy atom. The van der Waals surface area contributed by atoms with Gasteiger partial charge in [0.1, 0.15) is 6.04 Å². The Kier molecular flexibility index (Phi) is 4.57. The Labute approximate surface area is 123 Å². The first-order valence-corrected chi connectivity index (χ1v) is 6.88. The predicted molar refractivity (Wildman–Crippen MR) is 82.8 cm³/mol. The van der Waals surface area contributed by atoms with Gasteiger partial charge in [-0.1, -0.05) is 26.0 Å². The molecule has 0 bridgehead atoms. The van der Waals surface area contributed by atoms with Gasteiger partial charge in [-0.25, -0.2) is 14.8 Å². The van der Waals surface area contributed by atoms with E-state index < -0.39 is 6.04 Å². The van der Waals surface area contributed by atoms with E-state index in [1.54, 1.807) is 0 Å². The molecular formula is C15H20N4O2. The number of anilines is 2. The number of methoxy groups -OCH3 is 1. The molecule has 6 nitrogen and oxygen atoms in total. The lowest BCUT2D eigenvalue weighted by Crippen LogP contribution is -2.32. The van der Waals surface area contributed by atoms with E-state index in [0.717, 1.165) is 11.0 Å². The van der Waals surface area contributed by atoms with Crippen LogP contribution in [0.3, 0.4) is 0 Å². The van der Waals surface area contributed by atoms with Gasteiger partial charge < -0.3 is 15.8 Å². The van der Waals surface area contributed by atoms with E-state index in [9.17, 15) is 4.79 Å². The van der Waals surface area contributed by atoms with Crippen LogP contribution in [0.15, 0.2) is 24.3 Å². The van der Waals surface area contributed by atoms with Crippen molar-refractivity contribution in [3.8, 4) is 0 Å². The quantitative estimate of drug-likeness (QED) is 0.820. The molecule has 1 aromatic heterocycles. The normalized spacial score (nSPS) is 12.4. The monoisotopic (exact) mass is 288 g/mol. The van der Waals surface area contributed by atoms with Crippen molar-refractivity contribution < 1.29 is 9.53 Å². The highest BCUT2D eigenvalue weighted by Gasteiger charge is 2.22. The zero-order valence-electron chi connectivity index (χ0n) is 12.5. The van der Waals surface area contributed by atoms with E-state index in [4.69, 9.17) is 10.5 Å². The molecule has 0 radical (unpaired) electrons. The number of rotatable bonds is 5. The molecule has 112 valence electrons. The van der Waals surface area contributed by atoms with Crippen molar-refractivity contribution >= 4 is 28.6 Å². The van der Waals surface area contributed by atoms with Crippen LogP contribution in [0.4, 0.5) is 11.6 Å². The van der Waals surface area contributed by atoms with Gasteiger partial charge in [-0.05, 0) is 24.5 Å². The Balaban J connectivity index is 2.31. The number of nitrogens with zero attached hydrogens (tertiary/aromatic N) is 2. The Hall–Kier alpha value is -2.37. The molecule has 1 aromatic carbocycles. The van der Waals surface area contributed by atoms with E-state index in [-0.39, 0.29) is 11.8 Å². The molecule has 0 aliphatic rings. The van der Waals surface area contributed by atoms with Crippen molar-refractivity contribution in [2.75, 3.05) is 18.2 Å². The van der Waals surface area contributed by atoms with Gasteiger partial charge in [0.15, 0.2) is 11.6 Å². The van der Waals surface area contributed by atoms with Crippen molar-refractivity contribution in [3.05, 3.63) is 24.3 Å². The molecule has 0 saturated carbocycles. The molecule has 1 unspecified atom stereocenters. The Morgan fingerprint density at radius 3 is 2.48 bits per heavy atom. The molecule has 0 fully saturated rings. The first kappa shape index (κ1) is 15.0. The maximum atomic E-state index is 11.9. The van der Waals surface area contributed by atoms with Gasteiger partial charge in [-0.3, -0.25) is 0 Å². The highest BCUT2D eigenvalue weighted by Crippen LogP contribution is 2.21. The average Bonchev–Trinajstić information content (AvgIpc) is 2.46. The number of esters is 1. The number of nitrogen functional groups attached to an aromatic ring is 1. The molecule has 6 heteroatoms. The molecule has 1 atom stereocenters. The van der Waals surface area contributed by atoms with Crippen LogP contribution < -0.4 is 11.1 Å². The number of carbonyl (C=O) groups is 1. The third-order valence-corrected chi connectivity index (χ3v) is 3.10. The summed E-state index contributed by atoms with van der Waals surface area (Å²) in [5.74, 6) is 0.672. The number of fused-ring (bicyclic) bond motifs is 1. The number of hydrogen-bond acceptors (Lipinski definition) is 6. The van der Waals surface area contributed by atoms with Gasteiger partial charge >= 0.3 is 5.97 Å². The summed E-state index contributed by atoms with van der Waals surface area (Å²) in [6.07, 6.45) is 0.626. The summed E-state index contributed by atoms with van der Waals surface area (Å²) in [6, 6.07) is 6.95. The fourth-order valence-corrected chi connectivity index (χ4v) is 2.11. The first-order valence-electron chi connectivity index (χ1n) is 6.88. The second-order valence-corrected chi connectivity index (χ2v) is 5.30. The summed E-state index contributed by atoms with van der Waals surface area (Å²) in [4.78, 5) is 20.6. The first-order chi connectivity index (χ1) is 10.0. The van der Waals surface area contributed by atoms with Crippen molar-refractivity contribution in [1.29, 1.82) is 0 Å². The number of ether oxygens (including phenoxy) is 1. The topological polar surface area (TPSA) is 90.1 Å². The van der Waals surface area contributed by atoms with Gasteiger partial charge in [0.25, 0.3) is 0 Å². The van der Waals surface area contributed by atoms with Crippen LogP contribution in [-0.4, -0.2) is 29.1 Å². The molecular weight excluding hydrogens is 268 g/mol. The van der Waals surface area contributed by atoms with Crippen LogP contribution in [-0.2, 0) is 9.53 Å². The van der Waals surface area contributed by atoms with Crippen LogP contribution in [0.25, 0.3) is 11.0 Å². The lowest BCUT2D eigenvalue weighted by atomic mass is 10.0. The van der Waals surface area contributed by atoms with E-state index in [1.165, 1.54) is 7.11 Å². The maximum Gasteiger partial charge on any atom is 0.328 e. The fourth-order valence-electron chi connectivity index (χ4n) is 2.11. The van der Waals surface area contributed by atoms with Gasteiger partial charge in [-0.15, -0.1) is 0 Å². The maximum absolute atomic E-state index is 11.9. The molecule has 0 saturated heterocycles. The van der Waals surface area contributed by atoms with Gasteiger partial charge in [0.2, 0.25) is 0 Å². The SMILES string of the molecule is COC(=O)C(CC(C)C)Nc1nc2ccccc2nc1N. The predicted octanol–water partition coefficient (Wildman–Crippen LogP) is 2.21. The summed E-state index contributed by atoms with van der Waals surface area (Å²) in [5.41, 5.74) is 7.36. The number of benzene rings is 1. The molecule has 0 spiro atoms. The third kappa shape index (κ3) is 3.59. The molecule has 3 N–H and O–H groups in total. The summed E-state index contributed by atoms with van der Waals surface area (Å²) in [6.45, 7) is 4.07. The highest BCUT2D eigenvalue weighted by molar-refractivity contribution is 5.83. The number of hydrogen-bond donors (Lipinski definition) is 2. The van der Waals surface area contributed by atoms with E-state index >= 15 is 0 Å². The van der Waals surface area contributed by atoms with Crippen LogP contribution in [0.5, 0.6) is 0 Å². The Morgan fingerprint density at radius 1 is 1.29 bits per heavy atom. The molecule has 21 heavy (non-hydrogen) atoms. The van der Waals surface area contributed by atoms with Crippen molar-refractivity contribution in [2.45, 2.75) is 26.3 Å². The van der Waals surface area contributed by atoms with Crippen LogP contribution in [0.1, 0.15) is 20.3 Å². The third-order valence-electron chi connectivity index (χ3n) is 3.10. The number of carbonyl (C=O) groups excluding carboxylic acids is 1. The molecule has 1 heterocycles. The minimum Gasteiger partial charge on any atom is -0.467 e. The molecule has 0 aliphatic carbocycles.